The van der Waals surface area contributed by atoms with Gasteiger partial charge in [-0.2, -0.15) is 21.7 Å². The Morgan fingerprint density at radius 1 is 1.29 bits per heavy atom. The molecule has 8 heteroatoms. The highest BCUT2D eigenvalue weighted by Gasteiger charge is 2.20. The first-order valence-corrected chi connectivity index (χ1v) is 10.3. The molecule has 1 aromatic carbocycles. The second-order valence-corrected chi connectivity index (χ2v) is 7.47. The van der Waals surface area contributed by atoms with Crippen LogP contribution in [0.3, 0.4) is 0 Å². The fourth-order valence-corrected chi connectivity index (χ4v) is 4.52. The highest BCUT2D eigenvalue weighted by atomic mass is 32.1. The zero-order valence-corrected chi connectivity index (χ0v) is 16.5. The van der Waals surface area contributed by atoms with Gasteiger partial charge < -0.3 is 4.74 Å². The summed E-state index contributed by atoms with van der Waals surface area (Å²) in [5, 5.41) is 18.0. The van der Waals surface area contributed by atoms with Gasteiger partial charge in [0, 0.05) is 11.1 Å². The third kappa shape index (κ3) is 3.45. The summed E-state index contributed by atoms with van der Waals surface area (Å²) in [4.78, 5) is 9.45. The predicted molar refractivity (Wildman–Crippen MR) is 114 cm³/mol. The number of hydrogen-bond donors (Lipinski definition) is 1. The van der Waals surface area contributed by atoms with Crippen LogP contribution in [0.25, 0.3) is 20.7 Å². The number of anilines is 1. The molecule has 0 bridgehead atoms. The lowest BCUT2D eigenvalue weighted by molar-refractivity contribution is 0.341. The molecule has 28 heavy (non-hydrogen) atoms. The van der Waals surface area contributed by atoms with Crippen molar-refractivity contribution in [1.29, 1.82) is 5.26 Å². The van der Waals surface area contributed by atoms with Gasteiger partial charge in [0.25, 0.3) is 0 Å². The number of hydrazone groups is 1. The quantitative estimate of drug-likeness (QED) is 0.355. The number of nitriles is 1. The molecule has 3 aromatic heterocycles. The van der Waals surface area contributed by atoms with E-state index in [9.17, 15) is 5.26 Å². The second kappa shape index (κ2) is 8.17. The van der Waals surface area contributed by atoms with Gasteiger partial charge in [-0.25, -0.2) is 9.97 Å². The number of aromatic nitrogens is 2. The average molecular weight is 406 g/mol. The van der Waals surface area contributed by atoms with Crippen LogP contribution in [-0.2, 0) is 0 Å². The highest BCUT2D eigenvalue weighted by molar-refractivity contribution is 7.23. The van der Waals surface area contributed by atoms with Gasteiger partial charge in [0.15, 0.2) is 5.82 Å². The molecule has 0 unspecified atom stereocenters. The summed E-state index contributed by atoms with van der Waals surface area (Å²) >= 11 is 3.06. The van der Waals surface area contributed by atoms with Gasteiger partial charge >= 0.3 is 0 Å². The molecule has 3 heterocycles. The molecule has 4 aromatic rings. The van der Waals surface area contributed by atoms with Crippen molar-refractivity contribution in [3.05, 3.63) is 58.5 Å². The zero-order chi connectivity index (χ0) is 19.3. The molecule has 6 nitrogen and oxygen atoms in total. The van der Waals surface area contributed by atoms with Gasteiger partial charge in [0.2, 0.25) is 0 Å². The number of thiophene rings is 2. The highest BCUT2D eigenvalue weighted by Crippen LogP contribution is 2.43. The van der Waals surface area contributed by atoms with E-state index in [1.54, 1.807) is 17.6 Å². The van der Waals surface area contributed by atoms with Gasteiger partial charge in [-0.05, 0) is 35.9 Å². The molecule has 0 amide bonds. The van der Waals surface area contributed by atoms with E-state index in [2.05, 4.69) is 26.6 Å². The first-order valence-electron chi connectivity index (χ1n) is 8.53. The Balaban J connectivity index is 1.79. The Hall–Kier alpha value is -3.28. The lowest BCUT2D eigenvalue weighted by atomic mass is 10.1. The minimum absolute atomic E-state index is 0.513. The predicted octanol–water partition coefficient (Wildman–Crippen LogP) is 5.14. The molecule has 1 N–H and O–H groups in total. The largest absolute Gasteiger partial charge is 0.493 e. The van der Waals surface area contributed by atoms with E-state index in [1.807, 2.05) is 48.0 Å². The zero-order valence-electron chi connectivity index (χ0n) is 14.9. The second-order valence-electron chi connectivity index (χ2n) is 5.67. The van der Waals surface area contributed by atoms with Crippen LogP contribution >= 0.6 is 22.7 Å². The summed E-state index contributed by atoms with van der Waals surface area (Å²) < 4.78 is 6.53. The van der Waals surface area contributed by atoms with E-state index in [4.69, 9.17) is 4.74 Å². The van der Waals surface area contributed by atoms with Crippen LogP contribution in [0, 0.1) is 11.3 Å². The fourth-order valence-electron chi connectivity index (χ4n) is 2.73. The summed E-state index contributed by atoms with van der Waals surface area (Å²) in [6.07, 6.45) is 3.17. The van der Waals surface area contributed by atoms with Gasteiger partial charge in [-0.3, -0.25) is 5.43 Å². The minimum Gasteiger partial charge on any atom is -0.493 e. The Labute approximate surface area is 169 Å². The number of para-hydroxylation sites is 1. The Bertz CT molecular complexity index is 1180. The molecular weight excluding hydrogens is 390 g/mol. The van der Waals surface area contributed by atoms with Crippen LogP contribution in [0.4, 0.5) is 5.82 Å². The molecule has 138 valence electrons. The molecule has 0 aliphatic carbocycles. The summed E-state index contributed by atoms with van der Waals surface area (Å²) in [7, 11) is 0. The van der Waals surface area contributed by atoms with E-state index >= 15 is 0 Å². The fraction of sp³-hybridized carbons (Fsp3) is 0.100. The van der Waals surface area contributed by atoms with Crippen molar-refractivity contribution in [2.75, 3.05) is 12.0 Å². The standard InChI is InChI=1S/C20H15N5OS2/c1-2-26-16-6-4-3-5-14(16)18-15(9-21)17-19(28-18)20(23-12-22-17)25-24-10-13-7-8-27-11-13/h3-8,10-12H,2H2,1H3,(H,22,23,25)/b24-10+. The molecular formula is C20H15N5OS2. The molecule has 0 spiro atoms. The smallest absolute Gasteiger partial charge is 0.167 e. The number of benzene rings is 1. The molecule has 0 aliphatic rings. The number of fused-ring (bicyclic) bond motifs is 1. The van der Waals surface area contributed by atoms with Crippen molar-refractivity contribution in [2.45, 2.75) is 6.92 Å². The molecule has 4 rings (SSSR count). The monoisotopic (exact) mass is 405 g/mol. The van der Waals surface area contributed by atoms with Crippen molar-refractivity contribution in [1.82, 2.24) is 9.97 Å². The van der Waals surface area contributed by atoms with Crippen LogP contribution in [0.15, 0.2) is 52.5 Å². The van der Waals surface area contributed by atoms with Crippen molar-refractivity contribution in [3.63, 3.8) is 0 Å². The number of nitrogens with one attached hydrogen (secondary N) is 1. The van der Waals surface area contributed by atoms with Crippen molar-refractivity contribution < 1.29 is 4.74 Å². The summed E-state index contributed by atoms with van der Waals surface area (Å²) in [5.41, 5.74) is 5.98. The van der Waals surface area contributed by atoms with Crippen molar-refractivity contribution in [2.24, 2.45) is 5.10 Å². The maximum atomic E-state index is 9.79. The average Bonchev–Trinajstić information content (AvgIpc) is 3.36. The van der Waals surface area contributed by atoms with Crippen molar-refractivity contribution in [3.8, 4) is 22.3 Å². The molecule has 0 radical (unpaired) electrons. The number of nitrogens with zero attached hydrogens (tertiary/aromatic N) is 4. The molecule has 0 saturated carbocycles. The lowest BCUT2D eigenvalue weighted by Gasteiger charge is -2.08. The summed E-state index contributed by atoms with van der Waals surface area (Å²) in [6, 6.07) is 12.0. The maximum Gasteiger partial charge on any atom is 0.167 e. The third-order valence-corrected chi connectivity index (χ3v) is 5.86. The van der Waals surface area contributed by atoms with Gasteiger partial charge in [-0.15, -0.1) is 11.3 Å². The number of rotatable bonds is 6. The molecule has 0 fully saturated rings. The van der Waals surface area contributed by atoms with E-state index < -0.39 is 0 Å². The normalized spacial score (nSPS) is 11.0. The summed E-state index contributed by atoms with van der Waals surface area (Å²) in [5.74, 6) is 1.31. The number of ether oxygens (including phenoxy) is 1. The van der Waals surface area contributed by atoms with E-state index in [0.717, 1.165) is 26.5 Å². The van der Waals surface area contributed by atoms with E-state index in [1.165, 1.54) is 17.7 Å². The Morgan fingerprint density at radius 3 is 2.96 bits per heavy atom. The SMILES string of the molecule is CCOc1ccccc1-c1sc2c(N/N=C/c3ccsc3)ncnc2c1C#N. The van der Waals surface area contributed by atoms with Crippen LogP contribution in [0.2, 0.25) is 0 Å². The van der Waals surface area contributed by atoms with Crippen LogP contribution in [0.5, 0.6) is 5.75 Å². The topological polar surface area (TPSA) is 83.2 Å². The first kappa shape index (κ1) is 18.1. The minimum atomic E-state index is 0.513. The van der Waals surface area contributed by atoms with Gasteiger partial charge in [-0.1, -0.05) is 12.1 Å². The van der Waals surface area contributed by atoms with Crippen LogP contribution < -0.4 is 10.2 Å². The van der Waals surface area contributed by atoms with E-state index in [-0.39, 0.29) is 0 Å². The lowest BCUT2D eigenvalue weighted by Crippen LogP contribution is -1.94. The molecule has 0 aliphatic heterocycles. The Morgan fingerprint density at radius 2 is 2.18 bits per heavy atom. The summed E-state index contributed by atoms with van der Waals surface area (Å²) in [6.45, 7) is 2.49. The molecule has 0 atom stereocenters. The van der Waals surface area contributed by atoms with Crippen LogP contribution in [0.1, 0.15) is 18.1 Å². The van der Waals surface area contributed by atoms with Crippen LogP contribution in [-0.4, -0.2) is 22.8 Å². The van der Waals surface area contributed by atoms with Gasteiger partial charge in [0.05, 0.1) is 28.0 Å². The maximum absolute atomic E-state index is 9.79. The van der Waals surface area contributed by atoms with Gasteiger partial charge in [0.1, 0.15) is 23.7 Å². The number of hydrogen-bond acceptors (Lipinski definition) is 8. The third-order valence-electron chi connectivity index (χ3n) is 3.94. The Kier molecular flexibility index (Phi) is 5.28. The first-order chi connectivity index (χ1) is 13.8. The molecule has 0 saturated heterocycles. The van der Waals surface area contributed by atoms with Crippen molar-refractivity contribution >= 4 is 44.9 Å². The van der Waals surface area contributed by atoms with E-state index in [0.29, 0.717) is 23.5 Å².